The Hall–Kier alpha value is 0.660. The fraction of sp³-hybridized carbons (Fsp3) is 1.00. The molecule has 0 aromatic carbocycles. The Balaban J connectivity index is 2.46. The first-order valence-electron chi connectivity index (χ1n) is 3.67. The van der Waals surface area contributed by atoms with Gasteiger partial charge in [0, 0.05) is 13.2 Å². The van der Waals surface area contributed by atoms with Gasteiger partial charge >= 0.3 is 0 Å². The maximum absolute atomic E-state index is 5.41. The number of hydrogen-bond acceptors (Lipinski definition) is 4. The first-order valence-corrected chi connectivity index (χ1v) is 6.45. The molecule has 5 heteroatoms. The summed E-state index contributed by atoms with van der Waals surface area (Å²) in [4.78, 5) is 0. The fourth-order valence-electron chi connectivity index (χ4n) is 0.912. The van der Waals surface area contributed by atoms with E-state index < -0.39 is 7.07 Å². The summed E-state index contributed by atoms with van der Waals surface area (Å²) in [6, 6.07) is 0.390. The molecular formula is C6H15NO2PS. The molecule has 0 spiro atoms. The zero-order chi connectivity index (χ0) is 8.48. The summed E-state index contributed by atoms with van der Waals surface area (Å²) in [5.41, 5.74) is 0. The Kier molecular flexibility index (Phi) is 3.18. The minimum atomic E-state index is -1.97. The maximum Gasteiger partial charge on any atom is 0.226 e. The van der Waals surface area contributed by atoms with Gasteiger partial charge < -0.3 is 9.05 Å². The van der Waals surface area contributed by atoms with Gasteiger partial charge in [-0.1, -0.05) is 26.1 Å². The summed E-state index contributed by atoms with van der Waals surface area (Å²) < 4.78 is 10.5. The van der Waals surface area contributed by atoms with Crippen molar-refractivity contribution in [3.05, 3.63) is 0 Å². The summed E-state index contributed by atoms with van der Waals surface area (Å²) in [7, 11) is -0.345. The van der Waals surface area contributed by atoms with E-state index in [1.54, 1.807) is 7.11 Å². The van der Waals surface area contributed by atoms with E-state index in [2.05, 4.69) is 31.2 Å². The smallest absolute Gasteiger partial charge is 0.226 e. The average Bonchev–Trinajstić information content (AvgIpc) is 2.33. The van der Waals surface area contributed by atoms with Crippen molar-refractivity contribution in [2.45, 2.75) is 19.9 Å². The van der Waals surface area contributed by atoms with Crippen LogP contribution in [0.4, 0.5) is 0 Å². The molecule has 0 bridgehead atoms. The highest BCUT2D eigenvalue weighted by atomic mass is 32.7. The monoisotopic (exact) mass is 196 g/mol. The van der Waals surface area contributed by atoms with Gasteiger partial charge in [-0.3, -0.25) is 0 Å². The van der Waals surface area contributed by atoms with Gasteiger partial charge in [-0.05, 0) is 5.92 Å². The molecule has 1 heterocycles. The molecule has 3 nitrogen and oxygen atoms in total. The summed E-state index contributed by atoms with van der Waals surface area (Å²) in [6.45, 7) is 5.02. The molecule has 1 fully saturated rings. The van der Waals surface area contributed by atoms with Crippen molar-refractivity contribution in [1.29, 1.82) is 0 Å². The Morgan fingerprint density at radius 3 is 2.64 bits per heavy atom. The van der Waals surface area contributed by atoms with Crippen molar-refractivity contribution in [3.8, 4) is 0 Å². The van der Waals surface area contributed by atoms with Crippen LogP contribution in [0.25, 0.3) is 0 Å². The van der Waals surface area contributed by atoms with Crippen LogP contribution < -0.4 is 5.09 Å². The van der Waals surface area contributed by atoms with Crippen LogP contribution in [0, 0.1) is 5.92 Å². The minimum Gasteiger partial charge on any atom is -0.325 e. The Bertz CT molecular complexity index is 147. The molecule has 11 heavy (non-hydrogen) atoms. The largest absolute Gasteiger partial charge is 0.325 e. The molecule has 1 radical (unpaired) electrons. The van der Waals surface area contributed by atoms with Gasteiger partial charge in [0.1, 0.15) is 0 Å². The van der Waals surface area contributed by atoms with E-state index in [0.717, 1.165) is 0 Å². The lowest BCUT2D eigenvalue weighted by Gasteiger charge is -2.22. The van der Waals surface area contributed by atoms with E-state index in [9.17, 15) is 0 Å². The molecule has 0 aliphatic carbocycles. The highest BCUT2D eigenvalue weighted by Gasteiger charge is 2.36. The summed E-state index contributed by atoms with van der Waals surface area (Å²) in [6.07, 6.45) is 0. The zero-order valence-corrected chi connectivity index (χ0v) is 8.86. The highest BCUT2D eigenvalue weighted by Crippen LogP contribution is 2.64. The van der Waals surface area contributed by atoms with Crippen LogP contribution in [0.3, 0.4) is 0 Å². The molecule has 0 aromatic rings. The first-order chi connectivity index (χ1) is 5.07. The molecule has 0 amide bonds. The summed E-state index contributed by atoms with van der Waals surface area (Å²) in [5, 5.41) is 3.25. The minimum absolute atomic E-state index is 0.390. The third kappa shape index (κ3) is 2.30. The van der Waals surface area contributed by atoms with Crippen LogP contribution in [0.5, 0.6) is 0 Å². The Labute approximate surface area is 73.6 Å². The first kappa shape index (κ1) is 9.75. The molecule has 1 saturated heterocycles. The molecule has 1 aliphatic heterocycles. The number of hydrogen-bond donors (Lipinski definition) is 2. The van der Waals surface area contributed by atoms with Gasteiger partial charge in [-0.2, -0.15) is 0 Å². The molecular weight excluding hydrogens is 181 g/mol. The van der Waals surface area contributed by atoms with Crippen molar-refractivity contribution in [2.24, 2.45) is 5.92 Å². The van der Waals surface area contributed by atoms with Gasteiger partial charge in [-0.15, -0.1) is 0 Å². The lowest BCUT2D eigenvalue weighted by Crippen LogP contribution is -2.28. The molecule has 0 saturated carbocycles. The third-order valence-corrected chi connectivity index (χ3v) is 4.64. The number of thiol groups is 1. The second-order valence-corrected chi connectivity index (χ2v) is 6.48. The van der Waals surface area contributed by atoms with Gasteiger partial charge in [0.2, 0.25) is 7.07 Å². The van der Waals surface area contributed by atoms with Crippen LogP contribution in [0.2, 0.25) is 0 Å². The SMILES string of the molecule is CO[P]1(S)N[C@@H](C(C)C)CO1. The molecule has 1 unspecified atom stereocenters. The lowest BCUT2D eigenvalue weighted by molar-refractivity contribution is 0.287. The van der Waals surface area contributed by atoms with E-state index in [1.807, 2.05) is 0 Å². The Morgan fingerprint density at radius 2 is 2.36 bits per heavy atom. The van der Waals surface area contributed by atoms with Gasteiger partial charge in [0.15, 0.2) is 0 Å². The van der Waals surface area contributed by atoms with Crippen LogP contribution >= 0.6 is 19.3 Å². The van der Waals surface area contributed by atoms with E-state index in [-0.39, 0.29) is 0 Å². The van der Waals surface area contributed by atoms with Crippen LogP contribution in [0.15, 0.2) is 0 Å². The second kappa shape index (κ2) is 3.58. The number of rotatable bonds is 2. The third-order valence-electron chi connectivity index (χ3n) is 1.81. The topological polar surface area (TPSA) is 30.5 Å². The van der Waals surface area contributed by atoms with Crippen molar-refractivity contribution >= 4 is 19.3 Å². The van der Waals surface area contributed by atoms with Crippen LogP contribution in [-0.2, 0) is 9.05 Å². The zero-order valence-electron chi connectivity index (χ0n) is 7.07. The van der Waals surface area contributed by atoms with Crippen molar-refractivity contribution in [3.63, 3.8) is 0 Å². The van der Waals surface area contributed by atoms with Gasteiger partial charge in [-0.25, -0.2) is 5.09 Å². The summed E-state index contributed by atoms with van der Waals surface area (Å²) in [5.74, 6) is 0.569. The van der Waals surface area contributed by atoms with E-state index >= 15 is 0 Å². The van der Waals surface area contributed by atoms with E-state index in [4.69, 9.17) is 9.05 Å². The van der Waals surface area contributed by atoms with E-state index in [0.29, 0.717) is 18.6 Å². The van der Waals surface area contributed by atoms with Crippen molar-refractivity contribution in [1.82, 2.24) is 5.09 Å². The molecule has 2 atom stereocenters. The van der Waals surface area contributed by atoms with Crippen molar-refractivity contribution < 1.29 is 9.05 Å². The predicted octanol–water partition coefficient (Wildman–Crippen LogP) is 1.88. The standard InChI is InChI=1S/C6H15NO2PS/c1-5(2)6-4-9-10(11,7-6)8-3/h5-7,11H,4H2,1-3H3/t6-/m1/s1. The fourth-order valence-corrected chi connectivity index (χ4v) is 3.00. The normalized spacial score (nSPS) is 38.5. The number of nitrogens with one attached hydrogen (secondary N) is 1. The Morgan fingerprint density at radius 1 is 1.73 bits per heavy atom. The molecule has 1 rings (SSSR count). The average molecular weight is 196 g/mol. The molecule has 1 aliphatic rings. The van der Waals surface area contributed by atoms with Crippen molar-refractivity contribution in [2.75, 3.05) is 13.7 Å². The lowest BCUT2D eigenvalue weighted by atomic mass is 10.1. The second-order valence-electron chi connectivity index (χ2n) is 2.98. The predicted molar refractivity (Wildman–Crippen MR) is 50.6 cm³/mol. The van der Waals surface area contributed by atoms with Crippen LogP contribution in [0.1, 0.15) is 13.8 Å². The molecule has 1 N–H and O–H groups in total. The molecule has 67 valence electrons. The maximum atomic E-state index is 5.41. The molecule has 0 aromatic heterocycles. The quantitative estimate of drug-likeness (QED) is 0.522. The highest BCUT2D eigenvalue weighted by molar-refractivity contribution is 8.48. The van der Waals surface area contributed by atoms with Gasteiger partial charge in [0.05, 0.1) is 6.61 Å². The van der Waals surface area contributed by atoms with Crippen LogP contribution in [-0.4, -0.2) is 19.8 Å². The van der Waals surface area contributed by atoms with Gasteiger partial charge in [0.25, 0.3) is 0 Å². The summed E-state index contributed by atoms with van der Waals surface area (Å²) >= 11 is 4.29. The van der Waals surface area contributed by atoms with E-state index in [1.165, 1.54) is 0 Å².